The summed E-state index contributed by atoms with van der Waals surface area (Å²) in [5, 5.41) is 0. The van der Waals surface area contributed by atoms with E-state index in [0.29, 0.717) is 0 Å². The lowest BCUT2D eigenvalue weighted by Gasteiger charge is -2.32. The van der Waals surface area contributed by atoms with E-state index in [1.54, 1.807) is 0 Å². The lowest BCUT2D eigenvalue weighted by molar-refractivity contribution is 0.00578. The molecule has 0 amide bonds. The third kappa shape index (κ3) is 4.45. The van der Waals surface area contributed by atoms with Gasteiger partial charge in [0.1, 0.15) is 0 Å². The van der Waals surface area contributed by atoms with E-state index in [1.807, 2.05) is 6.07 Å². The maximum atomic E-state index is 6.41. The number of hydrogen-bond acceptors (Lipinski definition) is 4. The van der Waals surface area contributed by atoms with Crippen molar-refractivity contribution in [3.05, 3.63) is 72.8 Å². The first-order valence-electron chi connectivity index (χ1n) is 12.8. The minimum absolute atomic E-state index is 0.421. The molecule has 3 aromatic rings. The van der Waals surface area contributed by atoms with E-state index in [-0.39, 0.29) is 0 Å². The molecular formula is C30H36B2O4. The van der Waals surface area contributed by atoms with E-state index in [1.165, 1.54) is 11.1 Å². The number of benzene rings is 3. The molecule has 2 aliphatic heterocycles. The maximum Gasteiger partial charge on any atom is 0.494 e. The topological polar surface area (TPSA) is 36.9 Å². The molecule has 6 heteroatoms. The second-order valence-electron chi connectivity index (χ2n) is 12.0. The lowest BCUT2D eigenvalue weighted by Crippen LogP contribution is -2.41. The summed E-state index contributed by atoms with van der Waals surface area (Å²) in [5.74, 6) is 0. The maximum absolute atomic E-state index is 6.41. The largest absolute Gasteiger partial charge is 0.494 e. The van der Waals surface area contributed by atoms with Crippen LogP contribution in [0.1, 0.15) is 55.4 Å². The van der Waals surface area contributed by atoms with E-state index >= 15 is 0 Å². The van der Waals surface area contributed by atoms with Crippen LogP contribution in [0.3, 0.4) is 0 Å². The van der Waals surface area contributed by atoms with Crippen LogP contribution in [0.5, 0.6) is 0 Å². The van der Waals surface area contributed by atoms with Gasteiger partial charge in [-0.2, -0.15) is 0 Å². The van der Waals surface area contributed by atoms with Crippen LogP contribution in [0.25, 0.3) is 22.3 Å². The van der Waals surface area contributed by atoms with Crippen molar-refractivity contribution in [1.29, 1.82) is 0 Å². The minimum Gasteiger partial charge on any atom is -0.399 e. The summed E-state index contributed by atoms with van der Waals surface area (Å²) in [7, 11) is -0.945. The van der Waals surface area contributed by atoms with Crippen molar-refractivity contribution < 1.29 is 18.6 Å². The average Bonchev–Trinajstić information content (AvgIpc) is 3.19. The molecule has 2 aliphatic rings. The first-order chi connectivity index (χ1) is 16.8. The van der Waals surface area contributed by atoms with Crippen molar-refractivity contribution >= 4 is 25.2 Å². The number of rotatable bonds is 4. The smallest absolute Gasteiger partial charge is 0.399 e. The second-order valence-corrected chi connectivity index (χ2v) is 12.0. The van der Waals surface area contributed by atoms with Crippen LogP contribution in [0.15, 0.2) is 72.8 Å². The SMILES string of the molecule is CC1(C)OB(c2cc(B3OC(C)(C)C(C)(C)O3)cc(-c3ccc(-c4ccccc4)cc3)c2)OC1(C)C. The Bertz CT molecular complexity index is 1160. The highest BCUT2D eigenvalue weighted by molar-refractivity contribution is 6.66. The highest BCUT2D eigenvalue weighted by atomic mass is 16.7. The van der Waals surface area contributed by atoms with Crippen molar-refractivity contribution in [3.8, 4) is 22.3 Å². The highest BCUT2D eigenvalue weighted by Crippen LogP contribution is 2.38. The van der Waals surface area contributed by atoms with Crippen molar-refractivity contribution in [3.63, 3.8) is 0 Å². The summed E-state index contributed by atoms with van der Waals surface area (Å²) in [5.41, 5.74) is 4.82. The van der Waals surface area contributed by atoms with E-state index in [4.69, 9.17) is 18.6 Å². The van der Waals surface area contributed by atoms with Gasteiger partial charge in [-0.05, 0) is 88.6 Å². The Hall–Kier alpha value is -2.37. The predicted octanol–water partition coefficient (Wildman–Crippen LogP) is 5.62. The molecule has 0 radical (unpaired) electrons. The Kier molecular flexibility index (Phi) is 6.04. The molecule has 2 saturated heterocycles. The molecule has 2 fully saturated rings. The van der Waals surface area contributed by atoms with E-state index in [9.17, 15) is 0 Å². The Labute approximate surface area is 216 Å². The molecule has 186 valence electrons. The Morgan fingerprint density at radius 3 is 1.14 bits per heavy atom. The summed E-state index contributed by atoms with van der Waals surface area (Å²) in [6, 6.07) is 25.5. The summed E-state index contributed by atoms with van der Waals surface area (Å²) >= 11 is 0. The van der Waals surface area contributed by atoms with E-state index in [2.05, 4.69) is 122 Å². The molecule has 0 unspecified atom stereocenters. The van der Waals surface area contributed by atoms with Crippen LogP contribution in [-0.4, -0.2) is 36.6 Å². The van der Waals surface area contributed by atoms with Gasteiger partial charge < -0.3 is 18.6 Å². The summed E-state index contributed by atoms with van der Waals surface area (Å²) in [4.78, 5) is 0. The molecule has 0 saturated carbocycles. The van der Waals surface area contributed by atoms with Gasteiger partial charge in [-0.15, -0.1) is 0 Å². The second kappa shape index (κ2) is 8.59. The van der Waals surface area contributed by atoms with Crippen LogP contribution in [0.2, 0.25) is 0 Å². The molecule has 0 aromatic heterocycles. The third-order valence-corrected chi connectivity index (χ3v) is 8.35. The van der Waals surface area contributed by atoms with E-state index < -0.39 is 36.6 Å². The zero-order chi connectivity index (χ0) is 25.9. The first kappa shape index (κ1) is 25.3. The van der Waals surface area contributed by atoms with Crippen molar-refractivity contribution in [2.24, 2.45) is 0 Å². The van der Waals surface area contributed by atoms with Gasteiger partial charge in [0.15, 0.2) is 0 Å². The number of hydrogen-bond donors (Lipinski definition) is 0. The van der Waals surface area contributed by atoms with Crippen molar-refractivity contribution in [2.75, 3.05) is 0 Å². The minimum atomic E-state index is -0.472. The van der Waals surface area contributed by atoms with Gasteiger partial charge in [-0.3, -0.25) is 0 Å². The molecule has 0 spiro atoms. The van der Waals surface area contributed by atoms with Crippen LogP contribution < -0.4 is 10.9 Å². The fourth-order valence-corrected chi connectivity index (χ4v) is 4.56. The summed E-state index contributed by atoms with van der Waals surface area (Å²) < 4.78 is 25.7. The Morgan fingerprint density at radius 2 is 0.750 bits per heavy atom. The van der Waals surface area contributed by atoms with E-state index in [0.717, 1.165) is 22.1 Å². The van der Waals surface area contributed by atoms with Gasteiger partial charge in [0.2, 0.25) is 0 Å². The Morgan fingerprint density at radius 1 is 0.417 bits per heavy atom. The molecule has 3 aromatic carbocycles. The van der Waals surface area contributed by atoms with Crippen LogP contribution in [0, 0.1) is 0 Å². The molecule has 5 rings (SSSR count). The zero-order valence-electron chi connectivity index (χ0n) is 22.7. The lowest BCUT2D eigenvalue weighted by atomic mass is 9.70. The quantitative estimate of drug-likeness (QED) is 0.453. The normalized spacial score (nSPS) is 21.7. The Balaban J connectivity index is 1.55. The predicted molar refractivity (Wildman–Crippen MR) is 149 cm³/mol. The zero-order valence-corrected chi connectivity index (χ0v) is 22.7. The molecule has 0 atom stereocenters. The average molecular weight is 482 g/mol. The van der Waals surface area contributed by atoms with Crippen LogP contribution >= 0.6 is 0 Å². The highest BCUT2D eigenvalue weighted by Gasteiger charge is 2.54. The standard InChI is InChI=1S/C30H36B2O4/c1-27(2)28(3,4)34-31(33-27)25-18-24(19-26(20-25)32-35-29(5,6)30(7,8)36-32)23-16-14-22(15-17-23)21-12-10-9-11-13-21/h9-20H,1-8H3. The van der Waals surface area contributed by atoms with Gasteiger partial charge in [-0.25, -0.2) is 0 Å². The van der Waals surface area contributed by atoms with Gasteiger partial charge in [0.05, 0.1) is 22.4 Å². The van der Waals surface area contributed by atoms with Gasteiger partial charge in [0.25, 0.3) is 0 Å². The fourth-order valence-electron chi connectivity index (χ4n) is 4.56. The molecule has 4 nitrogen and oxygen atoms in total. The van der Waals surface area contributed by atoms with Crippen molar-refractivity contribution in [1.82, 2.24) is 0 Å². The van der Waals surface area contributed by atoms with Gasteiger partial charge in [0, 0.05) is 0 Å². The monoisotopic (exact) mass is 482 g/mol. The first-order valence-corrected chi connectivity index (χ1v) is 12.8. The molecular weight excluding hydrogens is 446 g/mol. The van der Waals surface area contributed by atoms with Crippen LogP contribution in [0.4, 0.5) is 0 Å². The van der Waals surface area contributed by atoms with Crippen molar-refractivity contribution in [2.45, 2.75) is 77.8 Å². The van der Waals surface area contributed by atoms with Crippen LogP contribution in [-0.2, 0) is 18.6 Å². The molecule has 0 aliphatic carbocycles. The third-order valence-electron chi connectivity index (χ3n) is 8.35. The molecule has 0 bridgehead atoms. The fraction of sp³-hybridized carbons (Fsp3) is 0.400. The van der Waals surface area contributed by atoms with Gasteiger partial charge >= 0.3 is 14.2 Å². The molecule has 2 heterocycles. The molecule has 0 N–H and O–H groups in total. The summed E-state index contributed by atoms with van der Waals surface area (Å²) in [6.07, 6.45) is 0. The molecule has 36 heavy (non-hydrogen) atoms. The summed E-state index contributed by atoms with van der Waals surface area (Å²) in [6.45, 7) is 16.6. The van der Waals surface area contributed by atoms with Gasteiger partial charge in [-0.1, -0.05) is 72.8 Å².